The molecular weight excluding hydrogens is 480 g/mol. The minimum Gasteiger partial charge on any atom is -0.381 e. The van der Waals surface area contributed by atoms with E-state index < -0.39 is 0 Å². The molecule has 4 heterocycles. The molecule has 3 saturated heterocycles. The maximum atomic E-state index is 12.9. The Morgan fingerprint density at radius 2 is 1.92 bits per heavy atom. The molecule has 1 spiro atoms. The molecule has 4 fully saturated rings. The van der Waals surface area contributed by atoms with Gasteiger partial charge in [0.15, 0.2) is 0 Å². The first-order valence-corrected chi connectivity index (χ1v) is 13.4. The van der Waals surface area contributed by atoms with Gasteiger partial charge in [-0.2, -0.15) is 0 Å². The van der Waals surface area contributed by atoms with Crippen LogP contribution >= 0.6 is 11.6 Å². The number of aromatic nitrogens is 1. The zero-order valence-corrected chi connectivity index (χ0v) is 21.9. The largest absolute Gasteiger partial charge is 0.381 e. The van der Waals surface area contributed by atoms with Gasteiger partial charge in [-0.1, -0.05) is 11.6 Å². The summed E-state index contributed by atoms with van der Waals surface area (Å²) in [5, 5.41) is 5.77. The topological polar surface area (TPSA) is 76.2 Å². The van der Waals surface area contributed by atoms with Crippen molar-refractivity contribution in [2.75, 3.05) is 69.9 Å². The van der Waals surface area contributed by atoms with E-state index in [1.165, 1.54) is 0 Å². The third-order valence-corrected chi connectivity index (χ3v) is 9.32. The molecule has 1 amide bonds. The Morgan fingerprint density at radius 1 is 1.14 bits per heavy atom. The number of piperazine rings is 1. The van der Waals surface area contributed by atoms with Crippen LogP contribution in [-0.2, 0) is 19.0 Å². The fourth-order valence-corrected chi connectivity index (χ4v) is 6.74. The molecule has 2 aromatic rings. The number of carbonyl (C=O) groups excluding carboxylic acids is 1. The van der Waals surface area contributed by atoms with Crippen molar-refractivity contribution in [1.82, 2.24) is 9.88 Å². The molecule has 8 nitrogen and oxygen atoms in total. The highest BCUT2D eigenvalue weighted by Crippen LogP contribution is 2.59. The Morgan fingerprint density at radius 3 is 2.67 bits per heavy atom. The summed E-state index contributed by atoms with van der Waals surface area (Å²) >= 11 is 6.73. The van der Waals surface area contributed by atoms with E-state index in [1.54, 1.807) is 13.3 Å². The maximum absolute atomic E-state index is 12.9. The molecule has 1 N–H and O–H groups in total. The minimum atomic E-state index is -0.0996. The normalized spacial score (nSPS) is 30.1. The van der Waals surface area contributed by atoms with Crippen LogP contribution in [0, 0.1) is 11.3 Å². The van der Waals surface area contributed by atoms with Crippen molar-refractivity contribution >= 4 is 39.8 Å². The Bertz CT molecular complexity index is 1150. The van der Waals surface area contributed by atoms with Crippen LogP contribution in [0.2, 0.25) is 5.02 Å². The van der Waals surface area contributed by atoms with Gasteiger partial charge >= 0.3 is 0 Å². The number of amides is 1. The molecular formula is C27H35ClN4O4. The molecule has 36 heavy (non-hydrogen) atoms. The Balaban J connectivity index is 1.15. The summed E-state index contributed by atoms with van der Waals surface area (Å²) in [6.07, 6.45) is 4.79. The number of pyridine rings is 1. The van der Waals surface area contributed by atoms with Crippen LogP contribution in [0.15, 0.2) is 24.4 Å². The second-order valence-corrected chi connectivity index (χ2v) is 11.4. The number of anilines is 2. The van der Waals surface area contributed by atoms with Crippen LogP contribution in [0.25, 0.3) is 10.8 Å². The van der Waals surface area contributed by atoms with Gasteiger partial charge in [0.25, 0.3) is 0 Å². The number of hydrogen-bond donors (Lipinski definition) is 1. The molecule has 1 saturated carbocycles. The van der Waals surface area contributed by atoms with Gasteiger partial charge in [0, 0.05) is 64.0 Å². The molecule has 0 bridgehead atoms. The fourth-order valence-electron chi connectivity index (χ4n) is 6.45. The number of halogens is 1. The first-order chi connectivity index (χ1) is 17.4. The number of methoxy groups -OCH3 is 1. The summed E-state index contributed by atoms with van der Waals surface area (Å²) in [5.41, 5.74) is 1.07. The summed E-state index contributed by atoms with van der Waals surface area (Å²) in [5.74, 6) is 0.744. The van der Waals surface area contributed by atoms with Crippen LogP contribution in [0.4, 0.5) is 11.5 Å². The number of fused-ring (bicyclic) bond motifs is 1. The van der Waals surface area contributed by atoms with Crippen molar-refractivity contribution in [1.29, 1.82) is 0 Å². The highest BCUT2D eigenvalue weighted by molar-refractivity contribution is 6.34. The SMILES string of the molecule is COC1COCC1(C)N1CCN(c2cc3cc(NC(=O)C4CC45CCOCC5)ncc3cc2Cl)CC1. The Labute approximate surface area is 217 Å². The molecule has 194 valence electrons. The lowest BCUT2D eigenvalue weighted by atomic mass is 9.93. The van der Waals surface area contributed by atoms with E-state index in [-0.39, 0.29) is 28.9 Å². The lowest BCUT2D eigenvalue weighted by Gasteiger charge is -2.46. The summed E-state index contributed by atoms with van der Waals surface area (Å²) in [6, 6.07) is 6.06. The number of benzene rings is 1. The average molecular weight is 515 g/mol. The van der Waals surface area contributed by atoms with Crippen LogP contribution in [0.3, 0.4) is 0 Å². The highest BCUT2D eigenvalue weighted by atomic mass is 35.5. The zero-order chi connectivity index (χ0) is 24.9. The van der Waals surface area contributed by atoms with Crippen molar-refractivity contribution in [3.63, 3.8) is 0 Å². The average Bonchev–Trinajstić information content (AvgIpc) is 3.44. The van der Waals surface area contributed by atoms with Crippen molar-refractivity contribution in [2.24, 2.45) is 11.3 Å². The van der Waals surface area contributed by atoms with E-state index >= 15 is 0 Å². The number of ether oxygens (including phenoxy) is 3. The number of nitrogens with one attached hydrogen (secondary N) is 1. The lowest BCUT2D eigenvalue weighted by molar-refractivity contribution is -0.118. The molecule has 4 aliphatic rings. The molecule has 3 atom stereocenters. The molecule has 0 radical (unpaired) electrons. The number of hydrogen-bond acceptors (Lipinski definition) is 7. The first-order valence-electron chi connectivity index (χ1n) is 13.0. The van der Waals surface area contributed by atoms with Gasteiger partial charge in [0.05, 0.1) is 29.5 Å². The smallest absolute Gasteiger partial charge is 0.229 e. The monoisotopic (exact) mass is 514 g/mol. The molecule has 1 aliphatic carbocycles. The number of nitrogens with zero attached hydrogens (tertiary/aromatic N) is 3. The highest BCUT2D eigenvalue weighted by Gasteiger charge is 2.58. The standard InChI is InChI=1S/C27H35ClN4O4/c1-26(17-36-16-23(26)34-2)32-7-5-31(6-8-32)22-12-18-13-24(29-15-19(18)11-21(22)28)30-25(33)20-14-27(20)3-9-35-10-4-27/h11-13,15,20,23H,3-10,14,16-17H2,1-2H3,(H,29,30,33). The van der Waals surface area contributed by atoms with Gasteiger partial charge in [-0.05, 0) is 55.2 Å². The van der Waals surface area contributed by atoms with Crippen molar-refractivity contribution < 1.29 is 19.0 Å². The molecule has 3 unspecified atom stereocenters. The quantitative estimate of drug-likeness (QED) is 0.653. The van der Waals surface area contributed by atoms with E-state index in [9.17, 15) is 4.79 Å². The van der Waals surface area contributed by atoms with Crippen LogP contribution < -0.4 is 10.2 Å². The van der Waals surface area contributed by atoms with Crippen molar-refractivity contribution in [3.05, 3.63) is 29.4 Å². The summed E-state index contributed by atoms with van der Waals surface area (Å²) < 4.78 is 16.9. The lowest BCUT2D eigenvalue weighted by Crippen LogP contribution is -2.61. The van der Waals surface area contributed by atoms with Gasteiger partial charge in [-0.25, -0.2) is 4.98 Å². The maximum Gasteiger partial charge on any atom is 0.229 e. The van der Waals surface area contributed by atoms with E-state index in [0.29, 0.717) is 19.0 Å². The minimum absolute atomic E-state index is 0.0702. The summed E-state index contributed by atoms with van der Waals surface area (Å²) in [6.45, 7) is 8.68. The molecule has 9 heteroatoms. The van der Waals surface area contributed by atoms with E-state index in [1.807, 2.05) is 12.1 Å². The van der Waals surface area contributed by atoms with Crippen LogP contribution in [0.1, 0.15) is 26.2 Å². The van der Waals surface area contributed by atoms with Crippen molar-refractivity contribution in [3.8, 4) is 0 Å². The molecule has 6 rings (SSSR count). The Kier molecular flexibility index (Phi) is 6.37. The predicted octanol–water partition coefficient (Wildman–Crippen LogP) is 3.57. The van der Waals surface area contributed by atoms with E-state index in [0.717, 1.165) is 80.1 Å². The third-order valence-electron chi connectivity index (χ3n) is 9.02. The fraction of sp³-hybridized carbons (Fsp3) is 0.630. The number of carbonyl (C=O) groups is 1. The summed E-state index contributed by atoms with van der Waals surface area (Å²) in [7, 11) is 1.77. The van der Waals surface area contributed by atoms with Crippen molar-refractivity contribution in [2.45, 2.75) is 37.8 Å². The van der Waals surface area contributed by atoms with E-state index in [4.69, 9.17) is 25.8 Å². The van der Waals surface area contributed by atoms with Crippen LogP contribution in [0.5, 0.6) is 0 Å². The Hall–Kier alpha value is -1.97. The van der Waals surface area contributed by atoms with E-state index in [2.05, 4.69) is 33.1 Å². The third kappa shape index (κ3) is 4.27. The zero-order valence-electron chi connectivity index (χ0n) is 21.1. The van der Waals surface area contributed by atoms with Gasteiger partial charge in [0.2, 0.25) is 5.91 Å². The second kappa shape index (κ2) is 9.40. The molecule has 1 aromatic carbocycles. The van der Waals surface area contributed by atoms with Crippen LogP contribution in [-0.4, -0.2) is 87.2 Å². The molecule has 1 aromatic heterocycles. The predicted molar refractivity (Wildman–Crippen MR) is 140 cm³/mol. The number of rotatable bonds is 5. The van der Waals surface area contributed by atoms with Gasteiger partial charge in [-0.15, -0.1) is 0 Å². The first kappa shape index (κ1) is 24.4. The second-order valence-electron chi connectivity index (χ2n) is 11.0. The van der Waals surface area contributed by atoms with Gasteiger partial charge < -0.3 is 24.4 Å². The summed E-state index contributed by atoms with van der Waals surface area (Å²) in [4.78, 5) is 22.2. The van der Waals surface area contributed by atoms with Gasteiger partial charge in [-0.3, -0.25) is 9.69 Å². The molecule has 3 aliphatic heterocycles. The van der Waals surface area contributed by atoms with Gasteiger partial charge in [0.1, 0.15) is 11.9 Å².